The van der Waals surface area contributed by atoms with E-state index in [4.69, 9.17) is 5.73 Å². The predicted octanol–water partition coefficient (Wildman–Crippen LogP) is -0.666. The van der Waals surface area contributed by atoms with Crippen molar-refractivity contribution in [2.75, 3.05) is 45.8 Å². The zero-order valence-electron chi connectivity index (χ0n) is 9.15. The van der Waals surface area contributed by atoms with Crippen LogP contribution >= 0.6 is 0 Å². The third kappa shape index (κ3) is 3.92. The standard InChI is InChI=1S/C10H23N3O/c1-2-10(14)9-13-7-5-12(4-3-11)6-8-13/h10,14H,2-9,11H2,1H3. The van der Waals surface area contributed by atoms with Gasteiger partial charge in [-0.25, -0.2) is 0 Å². The largest absolute Gasteiger partial charge is 0.392 e. The van der Waals surface area contributed by atoms with Gasteiger partial charge in [0, 0.05) is 45.8 Å². The van der Waals surface area contributed by atoms with Crippen LogP contribution in [0, 0.1) is 0 Å². The average molecular weight is 201 g/mol. The van der Waals surface area contributed by atoms with Crippen molar-refractivity contribution in [2.24, 2.45) is 5.73 Å². The van der Waals surface area contributed by atoms with E-state index in [0.29, 0.717) is 0 Å². The summed E-state index contributed by atoms with van der Waals surface area (Å²) in [6.07, 6.45) is 0.694. The van der Waals surface area contributed by atoms with Gasteiger partial charge in [-0.1, -0.05) is 6.92 Å². The van der Waals surface area contributed by atoms with Gasteiger partial charge in [-0.2, -0.15) is 0 Å². The first-order chi connectivity index (χ1) is 6.76. The summed E-state index contributed by atoms with van der Waals surface area (Å²) in [7, 11) is 0. The van der Waals surface area contributed by atoms with E-state index in [9.17, 15) is 5.11 Å². The van der Waals surface area contributed by atoms with Crippen LogP contribution in [0.25, 0.3) is 0 Å². The van der Waals surface area contributed by atoms with Crippen molar-refractivity contribution < 1.29 is 5.11 Å². The monoisotopic (exact) mass is 201 g/mol. The Hall–Kier alpha value is -0.160. The zero-order chi connectivity index (χ0) is 10.4. The van der Waals surface area contributed by atoms with Crippen LogP contribution in [-0.2, 0) is 0 Å². The maximum absolute atomic E-state index is 9.50. The van der Waals surface area contributed by atoms with Gasteiger partial charge in [0.05, 0.1) is 6.10 Å². The van der Waals surface area contributed by atoms with Crippen LogP contribution in [0.1, 0.15) is 13.3 Å². The Morgan fingerprint density at radius 1 is 1.21 bits per heavy atom. The summed E-state index contributed by atoms with van der Waals surface area (Å²) in [5.41, 5.74) is 5.50. The summed E-state index contributed by atoms with van der Waals surface area (Å²) in [6.45, 7) is 8.92. The maximum Gasteiger partial charge on any atom is 0.0664 e. The van der Waals surface area contributed by atoms with Crippen molar-refractivity contribution in [3.63, 3.8) is 0 Å². The van der Waals surface area contributed by atoms with Gasteiger partial charge in [0.1, 0.15) is 0 Å². The summed E-state index contributed by atoms with van der Waals surface area (Å²) in [5, 5.41) is 9.50. The topological polar surface area (TPSA) is 52.7 Å². The lowest BCUT2D eigenvalue weighted by molar-refractivity contribution is 0.0720. The first-order valence-corrected chi connectivity index (χ1v) is 5.59. The molecule has 0 spiro atoms. The smallest absolute Gasteiger partial charge is 0.0664 e. The van der Waals surface area contributed by atoms with Crippen molar-refractivity contribution in [1.29, 1.82) is 0 Å². The molecule has 0 saturated carbocycles. The zero-order valence-corrected chi connectivity index (χ0v) is 9.15. The summed E-state index contributed by atoms with van der Waals surface area (Å²) in [5.74, 6) is 0. The van der Waals surface area contributed by atoms with E-state index in [1.807, 2.05) is 6.92 Å². The SMILES string of the molecule is CCC(O)CN1CCN(CCN)CC1. The van der Waals surface area contributed by atoms with Crippen LogP contribution in [0.4, 0.5) is 0 Å². The fraction of sp³-hybridized carbons (Fsp3) is 1.00. The van der Waals surface area contributed by atoms with Crippen molar-refractivity contribution in [3.8, 4) is 0 Å². The lowest BCUT2D eigenvalue weighted by Crippen LogP contribution is -2.49. The highest BCUT2D eigenvalue weighted by Crippen LogP contribution is 2.03. The normalized spacial score (nSPS) is 22.5. The molecule has 1 fully saturated rings. The molecule has 1 aliphatic heterocycles. The molecule has 0 bridgehead atoms. The minimum atomic E-state index is -0.156. The predicted molar refractivity (Wildman–Crippen MR) is 58.2 cm³/mol. The van der Waals surface area contributed by atoms with Gasteiger partial charge in [-0.15, -0.1) is 0 Å². The van der Waals surface area contributed by atoms with E-state index < -0.39 is 0 Å². The molecule has 1 aliphatic rings. The number of β-amino-alcohol motifs (C(OH)–C–C–N with tert-alkyl or cyclic N) is 1. The van der Waals surface area contributed by atoms with Crippen molar-refractivity contribution in [3.05, 3.63) is 0 Å². The lowest BCUT2D eigenvalue weighted by atomic mass is 10.2. The van der Waals surface area contributed by atoms with Gasteiger partial charge in [0.25, 0.3) is 0 Å². The Kier molecular flexibility index (Phi) is 5.40. The Bertz CT molecular complexity index is 146. The highest BCUT2D eigenvalue weighted by molar-refractivity contribution is 4.73. The van der Waals surface area contributed by atoms with Crippen LogP contribution in [0.3, 0.4) is 0 Å². The molecule has 4 heteroatoms. The first-order valence-electron chi connectivity index (χ1n) is 5.59. The van der Waals surface area contributed by atoms with E-state index in [-0.39, 0.29) is 6.10 Å². The second kappa shape index (κ2) is 6.35. The quantitative estimate of drug-likeness (QED) is 0.620. The molecule has 1 atom stereocenters. The fourth-order valence-corrected chi connectivity index (χ4v) is 1.81. The van der Waals surface area contributed by atoms with Crippen molar-refractivity contribution in [1.82, 2.24) is 9.80 Å². The number of aliphatic hydroxyl groups is 1. The molecule has 0 aromatic carbocycles. The average Bonchev–Trinajstić information content (AvgIpc) is 2.21. The highest BCUT2D eigenvalue weighted by Gasteiger charge is 2.17. The van der Waals surface area contributed by atoms with Gasteiger partial charge in [0.2, 0.25) is 0 Å². The van der Waals surface area contributed by atoms with Crippen molar-refractivity contribution in [2.45, 2.75) is 19.4 Å². The number of aliphatic hydroxyl groups excluding tert-OH is 1. The van der Waals surface area contributed by atoms with Crippen LogP contribution in [0.15, 0.2) is 0 Å². The van der Waals surface area contributed by atoms with Gasteiger partial charge in [0.15, 0.2) is 0 Å². The Balaban J connectivity index is 2.15. The molecule has 0 aromatic rings. The first kappa shape index (κ1) is 11.9. The van der Waals surface area contributed by atoms with E-state index in [1.54, 1.807) is 0 Å². The number of piperazine rings is 1. The lowest BCUT2D eigenvalue weighted by Gasteiger charge is -2.35. The Morgan fingerprint density at radius 3 is 2.29 bits per heavy atom. The molecule has 1 heterocycles. The molecule has 1 saturated heterocycles. The Labute approximate surface area is 86.7 Å². The van der Waals surface area contributed by atoms with Gasteiger partial charge >= 0.3 is 0 Å². The summed E-state index contributed by atoms with van der Waals surface area (Å²) < 4.78 is 0. The molecule has 0 aliphatic carbocycles. The molecule has 0 amide bonds. The fourth-order valence-electron chi connectivity index (χ4n) is 1.81. The van der Waals surface area contributed by atoms with E-state index >= 15 is 0 Å². The van der Waals surface area contributed by atoms with Gasteiger partial charge < -0.3 is 10.8 Å². The van der Waals surface area contributed by atoms with Crippen LogP contribution in [-0.4, -0.2) is 66.8 Å². The molecule has 1 unspecified atom stereocenters. The summed E-state index contributed by atoms with van der Waals surface area (Å²) >= 11 is 0. The number of hydrogen-bond donors (Lipinski definition) is 2. The van der Waals surface area contributed by atoms with E-state index in [2.05, 4.69) is 9.80 Å². The minimum absolute atomic E-state index is 0.156. The van der Waals surface area contributed by atoms with Crippen LogP contribution in [0.2, 0.25) is 0 Å². The number of rotatable bonds is 5. The van der Waals surface area contributed by atoms with Crippen LogP contribution < -0.4 is 5.73 Å². The molecule has 4 nitrogen and oxygen atoms in total. The number of nitrogens with zero attached hydrogens (tertiary/aromatic N) is 2. The molecule has 0 radical (unpaired) electrons. The van der Waals surface area contributed by atoms with Crippen LogP contribution in [0.5, 0.6) is 0 Å². The third-order valence-electron chi connectivity index (χ3n) is 2.85. The third-order valence-corrected chi connectivity index (χ3v) is 2.85. The van der Waals surface area contributed by atoms with Gasteiger partial charge in [-0.05, 0) is 6.42 Å². The molecule has 14 heavy (non-hydrogen) atoms. The molecule has 3 N–H and O–H groups in total. The van der Waals surface area contributed by atoms with Gasteiger partial charge in [-0.3, -0.25) is 9.80 Å². The second-order valence-corrected chi connectivity index (χ2v) is 3.99. The summed E-state index contributed by atoms with van der Waals surface area (Å²) in [6, 6.07) is 0. The number of hydrogen-bond acceptors (Lipinski definition) is 4. The highest BCUT2D eigenvalue weighted by atomic mass is 16.3. The molecule has 84 valence electrons. The second-order valence-electron chi connectivity index (χ2n) is 3.99. The minimum Gasteiger partial charge on any atom is -0.392 e. The molecule has 1 rings (SSSR count). The molecule has 0 aromatic heterocycles. The molecular weight excluding hydrogens is 178 g/mol. The van der Waals surface area contributed by atoms with Crippen molar-refractivity contribution >= 4 is 0 Å². The van der Waals surface area contributed by atoms with E-state index in [1.165, 1.54) is 0 Å². The Morgan fingerprint density at radius 2 is 1.79 bits per heavy atom. The van der Waals surface area contributed by atoms with E-state index in [0.717, 1.165) is 52.2 Å². The summed E-state index contributed by atoms with van der Waals surface area (Å²) in [4.78, 5) is 4.72. The maximum atomic E-state index is 9.50. The molecular formula is C10H23N3O. The number of nitrogens with two attached hydrogens (primary N) is 1.